The summed E-state index contributed by atoms with van der Waals surface area (Å²) in [6, 6.07) is 6.87. The van der Waals surface area contributed by atoms with Gasteiger partial charge in [-0.1, -0.05) is 6.42 Å². The molecule has 33 heavy (non-hydrogen) atoms. The number of hydrogen-bond donors (Lipinski definition) is 3. The van der Waals surface area contributed by atoms with Crippen molar-refractivity contribution in [3.05, 3.63) is 36.2 Å². The van der Waals surface area contributed by atoms with E-state index in [0.29, 0.717) is 24.5 Å². The number of aromatic nitrogens is 4. The minimum Gasteiger partial charge on any atom is -0.370 e. The summed E-state index contributed by atoms with van der Waals surface area (Å²) in [5.41, 5.74) is 3.33. The van der Waals surface area contributed by atoms with Crippen molar-refractivity contribution in [2.24, 2.45) is 5.92 Å². The number of nitrogens with zero attached hydrogens (tertiary/aromatic N) is 4. The van der Waals surface area contributed by atoms with Crippen LogP contribution >= 0.6 is 0 Å². The van der Waals surface area contributed by atoms with Gasteiger partial charge in [0.1, 0.15) is 5.82 Å². The predicted octanol–water partition coefficient (Wildman–Crippen LogP) is 4.50. The highest BCUT2D eigenvalue weighted by molar-refractivity contribution is 5.83. The fourth-order valence-electron chi connectivity index (χ4n) is 4.48. The summed E-state index contributed by atoms with van der Waals surface area (Å²) >= 11 is 0. The summed E-state index contributed by atoms with van der Waals surface area (Å²) < 4.78 is 2.14. The second kappa shape index (κ2) is 8.65. The number of nitrogens with one attached hydrogen (secondary N) is 3. The molecular weight excluding hydrogens is 414 g/mol. The van der Waals surface area contributed by atoms with Gasteiger partial charge in [0.05, 0.1) is 17.8 Å². The second-order valence-corrected chi connectivity index (χ2v) is 9.69. The lowest BCUT2D eigenvalue weighted by atomic mass is 9.85. The highest BCUT2D eigenvalue weighted by Gasteiger charge is 2.28. The van der Waals surface area contributed by atoms with Gasteiger partial charge >= 0.3 is 0 Å². The first kappa shape index (κ1) is 20.4. The van der Waals surface area contributed by atoms with Crippen LogP contribution in [0.2, 0.25) is 0 Å². The molecule has 8 heteroatoms. The molecule has 172 valence electrons. The molecule has 0 aliphatic heterocycles. The van der Waals surface area contributed by atoms with Crippen molar-refractivity contribution in [3.63, 3.8) is 0 Å². The van der Waals surface area contributed by atoms with Gasteiger partial charge in [0.2, 0.25) is 11.9 Å². The number of carbonyl (C=O) groups is 1. The van der Waals surface area contributed by atoms with E-state index in [0.717, 1.165) is 42.7 Å². The standard InChI is InChI=1S/C25H31N7O/c33-24(17-3-1-4-17)27-12-2-11-26-23-21(16-5-6-16)15-28-25(31-23)30-19-7-10-22-18(13-19)14-29-32(22)20-8-9-20/h7,10,13-17,20H,1-6,8-9,11-12H2,(H,27,33)(H2,26,28,30,31). The fourth-order valence-corrected chi connectivity index (χ4v) is 4.48. The molecule has 3 aliphatic carbocycles. The van der Waals surface area contributed by atoms with Gasteiger partial charge in [-0.25, -0.2) is 4.98 Å². The lowest BCUT2D eigenvalue weighted by Crippen LogP contribution is -2.35. The largest absolute Gasteiger partial charge is 0.370 e. The van der Waals surface area contributed by atoms with E-state index in [1.54, 1.807) is 0 Å². The molecule has 0 radical (unpaired) electrons. The van der Waals surface area contributed by atoms with Crippen LogP contribution in [0.15, 0.2) is 30.6 Å². The monoisotopic (exact) mass is 445 g/mol. The Kier molecular flexibility index (Phi) is 5.36. The Morgan fingerprint density at radius 2 is 1.94 bits per heavy atom. The first-order valence-electron chi connectivity index (χ1n) is 12.4. The minimum atomic E-state index is 0.216. The minimum absolute atomic E-state index is 0.216. The summed E-state index contributed by atoms with van der Waals surface area (Å²) in [6.45, 7) is 1.47. The third kappa shape index (κ3) is 4.51. The predicted molar refractivity (Wildman–Crippen MR) is 129 cm³/mol. The van der Waals surface area contributed by atoms with Gasteiger partial charge in [-0.2, -0.15) is 10.1 Å². The highest BCUT2D eigenvalue weighted by Crippen LogP contribution is 2.43. The second-order valence-electron chi connectivity index (χ2n) is 9.69. The van der Waals surface area contributed by atoms with Crippen molar-refractivity contribution < 1.29 is 4.79 Å². The van der Waals surface area contributed by atoms with Gasteiger partial charge in [0.25, 0.3) is 0 Å². The van der Waals surface area contributed by atoms with Crippen molar-refractivity contribution in [1.82, 2.24) is 25.1 Å². The van der Waals surface area contributed by atoms with Gasteiger partial charge < -0.3 is 16.0 Å². The van der Waals surface area contributed by atoms with Crippen LogP contribution < -0.4 is 16.0 Å². The zero-order chi connectivity index (χ0) is 22.2. The SMILES string of the molecule is O=C(NCCCNc1nc(Nc2ccc3c(cnn3C3CC3)c2)ncc1C1CC1)C1CCC1. The molecule has 0 atom stereocenters. The summed E-state index contributed by atoms with van der Waals surface area (Å²) in [4.78, 5) is 21.4. The van der Waals surface area contributed by atoms with Gasteiger partial charge in [-0.3, -0.25) is 9.48 Å². The third-order valence-corrected chi connectivity index (χ3v) is 7.00. The van der Waals surface area contributed by atoms with Crippen LogP contribution in [0.3, 0.4) is 0 Å². The van der Waals surface area contributed by atoms with Crippen LogP contribution in [0.5, 0.6) is 0 Å². The van der Waals surface area contributed by atoms with Crippen LogP contribution in [0.1, 0.15) is 68.9 Å². The van der Waals surface area contributed by atoms with Crippen molar-refractivity contribution in [3.8, 4) is 0 Å². The lowest BCUT2D eigenvalue weighted by Gasteiger charge is -2.24. The molecule has 0 saturated heterocycles. The third-order valence-electron chi connectivity index (χ3n) is 7.00. The van der Waals surface area contributed by atoms with Crippen LogP contribution in [0.4, 0.5) is 17.5 Å². The van der Waals surface area contributed by atoms with Crippen molar-refractivity contribution in [1.29, 1.82) is 0 Å². The average Bonchev–Trinajstić information content (AvgIpc) is 3.70. The topological polar surface area (TPSA) is 96.8 Å². The maximum atomic E-state index is 12.0. The zero-order valence-corrected chi connectivity index (χ0v) is 18.9. The first-order valence-corrected chi connectivity index (χ1v) is 12.4. The van der Waals surface area contributed by atoms with E-state index < -0.39 is 0 Å². The normalized spacial score (nSPS) is 18.2. The maximum absolute atomic E-state index is 12.0. The van der Waals surface area contributed by atoms with E-state index in [2.05, 4.69) is 48.9 Å². The molecule has 0 spiro atoms. The molecule has 1 aromatic carbocycles. The maximum Gasteiger partial charge on any atom is 0.229 e. The van der Waals surface area contributed by atoms with Gasteiger partial charge in [-0.05, 0) is 69.1 Å². The molecular formula is C25H31N7O. The first-order chi connectivity index (χ1) is 16.2. The van der Waals surface area contributed by atoms with Crippen LogP contribution in [0.25, 0.3) is 10.9 Å². The smallest absolute Gasteiger partial charge is 0.229 e. The van der Waals surface area contributed by atoms with Crippen LogP contribution in [-0.2, 0) is 4.79 Å². The van der Waals surface area contributed by atoms with Crippen LogP contribution in [0, 0.1) is 5.92 Å². The van der Waals surface area contributed by atoms with E-state index in [-0.39, 0.29) is 11.8 Å². The Balaban J connectivity index is 1.09. The summed E-state index contributed by atoms with van der Waals surface area (Å²) in [6.07, 6.45) is 12.9. The van der Waals surface area contributed by atoms with E-state index in [1.807, 2.05) is 12.4 Å². The summed E-state index contributed by atoms with van der Waals surface area (Å²) in [5, 5.41) is 15.6. The van der Waals surface area contributed by atoms with E-state index in [1.165, 1.54) is 43.2 Å². The number of fused-ring (bicyclic) bond motifs is 1. The Hall–Kier alpha value is -3.16. The molecule has 0 unspecified atom stereocenters. The van der Waals surface area contributed by atoms with Crippen molar-refractivity contribution >= 4 is 34.3 Å². The van der Waals surface area contributed by atoms with Gasteiger partial charge in [0, 0.05) is 41.8 Å². The molecule has 8 nitrogen and oxygen atoms in total. The lowest BCUT2D eigenvalue weighted by molar-refractivity contribution is -0.127. The molecule has 3 saturated carbocycles. The number of amides is 1. The molecule has 6 rings (SSSR count). The Morgan fingerprint density at radius 3 is 2.70 bits per heavy atom. The molecule has 3 aromatic rings. The summed E-state index contributed by atoms with van der Waals surface area (Å²) in [7, 11) is 0. The summed E-state index contributed by atoms with van der Waals surface area (Å²) in [5.74, 6) is 2.52. The molecule has 3 fully saturated rings. The Labute approximate surface area is 193 Å². The number of anilines is 3. The highest BCUT2D eigenvalue weighted by atomic mass is 16.1. The molecule has 1 amide bonds. The van der Waals surface area contributed by atoms with Crippen LogP contribution in [-0.4, -0.2) is 38.7 Å². The van der Waals surface area contributed by atoms with E-state index >= 15 is 0 Å². The van der Waals surface area contributed by atoms with Gasteiger partial charge in [0.15, 0.2) is 0 Å². The van der Waals surface area contributed by atoms with Crippen molar-refractivity contribution in [2.75, 3.05) is 23.7 Å². The molecule has 3 aliphatic rings. The fraction of sp³-hybridized carbons (Fsp3) is 0.520. The van der Waals surface area contributed by atoms with E-state index in [9.17, 15) is 4.79 Å². The number of benzene rings is 1. The molecule has 2 aromatic heterocycles. The van der Waals surface area contributed by atoms with E-state index in [4.69, 9.17) is 4.98 Å². The Morgan fingerprint density at radius 1 is 1.06 bits per heavy atom. The van der Waals surface area contributed by atoms with Crippen molar-refractivity contribution in [2.45, 2.75) is 63.3 Å². The molecule has 0 bridgehead atoms. The number of carbonyl (C=O) groups excluding carboxylic acids is 1. The molecule has 2 heterocycles. The number of rotatable bonds is 10. The zero-order valence-electron chi connectivity index (χ0n) is 18.9. The average molecular weight is 446 g/mol. The Bertz CT molecular complexity index is 1160. The quantitative estimate of drug-likeness (QED) is 0.398. The molecule has 3 N–H and O–H groups in total. The number of hydrogen-bond acceptors (Lipinski definition) is 6. The van der Waals surface area contributed by atoms with Gasteiger partial charge in [-0.15, -0.1) is 0 Å².